The van der Waals surface area contributed by atoms with E-state index in [9.17, 15) is 18.0 Å². The Labute approximate surface area is 163 Å². The van der Waals surface area contributed by atoms with Gasteiger partial charge >= 0.3 is 6.18 Å². The molecule has 0 saturated carbocycles. The Morgan fingerprint density at radius 2 is 1.96 bits per heavy atom. The molecule has 0 unspecified atom stereocenters. The minimum atomic E-state index is -4.41. The number of hydrogen-bond acceptors (Lipinski definition) is 2. The number of carbonyl (C=O) groups excluding carboxylic acids is 1. The molecular formula is C21H26F3N3O. The summed E-state index contributed by atoms with van der Waals surface area (Å²) in [7, 11) is 0. The molecular weight excluding hydrogens is 367 g/mol. The highest BCUT2D eigenvalue weighted by Crippen LogP contribution is 2.31. The third-order valence-electron chi connectivity index (χ3n) is 5.56. The zero-order chi connectivity index (χ0) is 20.5. The van der Waals surface area contributed by atoms with E-state index < -0.39 is 11.7 Å². The Kier molecular flexibility index (Phi) is 5.82. The molecule has 28 heavy (non-hydrogen) atoms. The summed E-state index contributed by atoms with van der Waals surface area (Å²) in [5, 5.41) is 4.41. The Balaban J connectivity index is 1.83. The van der Waals surface area contributed by atoms with Crippen molar-refractivity contribution in [2.45, 2.75) is 52.6 Å². The number of amides is 1. The van der Waals surface area contributed by atoms with Crippen molar-refractivity contribution in [2.24, 2.45) is 5.92 Å². The van der Waals surface area contributed by atoms with Crippen molar-refractivity contribution >= 4 is 5.91 Å². The van der Waals surface area contributed by atoms with E-state index in [1.54, 1.807) is 19.9 Å². The second kappa shape index (κ2) is 7.97. The summed E-state index contributed by atoms with van der Waals surface area (Å²) in [4.78, 5) is 14.7. The van der Waals surface area contributed by atoms with Crippen LogP contribution in [-0.2, 0) is 17.4 Å². The van der Waals surface area contributed by atoms with Crippen molar-refractivity contribution in [3.05, 3.63) is 46.8 Å². The van der Waals surface area contributed by atoms with Gasteiger partial charge in [0.2, 0.25) is 5.91 Å². The fourth-order valence-electron chi connectivity index (χ4n) is 3.77. The number of aryl methyl sites for hydroxylation is 1. The molecule has 3 rings (SSSR count). The molecule has 0 aliphatic carbocycles. The maximum atomic E-state index is 13.0. The Hall–Kier alpha value is -2.31. The molecule has 0 bridgehead atoms. The van der Waals surface area contributed by atoms with Gasteiger partial charge in [-0.25, -0.2) is 4.68 Å². The molecule has 4 nitrogen and oxygen atoms in total. The SMILES string of the molecule is Cc1nn(-c2cccc(C(F)(F)F)c2)c(C)c1CC(=O)N1CCC[C@H](C)CC1. The summed E-state index contributed by atoms with van der Waals surface area (Å²) in [5.74, 6) is 0.689. The molecule has 1 aliphatic rings. The molecule has 1 aliphatic heterocycles. The molecule has 0 spiro atoms. The number of halogens is 3. The van der Waals surface area contributed by atoms with Gasteiger partial charge in [-0.15, -0.1) is 0 Å². The summed E-state index contributed by atoms with van der Waals surface area (Å²) < 4.78 is 40.6. The summed E-state index contributed by atoms with van der Waals surface area (Å²) in [5.41, 5.74) is 1.80. The number of nitrogens with zero attached hydrogens (tertiary/aromatic N) is 3. The van der Waals surface area contributed by atoms with Crippen LogP contribution in [0.25, 0.3) is 5.69 Å². The fraction of sp³-hybridized carbons (Fsp3) is 0.524. The number of aromatic nitrogens is 2. The second-order valence-electron chi connectivity index (χ2n) is 7.70. The Bertz CT molecular complexity index is 857. The smallest absolute Gasteiger partial charge is 0.342 e. The highest BCUT2D eigenvalue weighted by molar-refractivity contribution is 5.79. The number of alkyl halides is 3. The zero-order valence-corrected chi connectivity index (χ0v) is 16.5. The lowest BCUT2D eigenvalue weighted by atomic mass is 10.0. The fourth-order valence-corrected chi connectivity index (χ4v) is 3.77. The zero-order valence-electron chi connectivity index (χ0n) is 16.5. The van der Waals surface area contributed by atoms with Gasteiger partial charge in [0.25, 0.3) is 0 Å². The van der Waals surface area contributed by atoms with Gasteiger partial charge in [0, 0.05) is 24.3 Å². The molecule has 1 atom stereocenters. The van der Waals surface area contributed by atoms with Crippen LogP contribution in [0.5, 0.6) is 0 Å². The Morgan fingerprint density at radius 3 is 2.68 bits per heavy atom. The lowest BCUT2D eigenvalue weighted by Gasteiger charge is -2.20. The van der Waals surface area contributed by atoms with Gasteiger partial charge in [0.1, 0.15) is 0 Å². The lowest BCUT2D eigenvalue weighted by Crippen LogP contribution is -2.33. The number of carbonyl (C=O) groups is 1. The highest BCUT2D eigenvalue weighted by Gasteiger charge is 2.31. The van der Waals surface area contributed by atoms with Gasteiger partial charge in [-0.2, -0.15) is 18.3 Å². The third-order valence-corrected chi connectivity index (χ3v) is 5.56. The maximum Gasteiger partial charge on any atom is 0.416 e. The topological polar surface area (TPSA) is 38.1 Å². The van der Waals surface area contributed by atoms with Gasteiger partial charge < -0.3 is 4.90 Å². The van der Waals surface area contributed by atoms with E-state index in [4.69, 9.17) is 0 Å². The minimum absolute atomic E-state index is 0.0592. The first kappa shape index (κ1) is 20.4. The molecule has 2 heterocycles. The molecule has 7 heteroatoms. The summed E-state index contributed by atoms with van der Waals surface area (Å²) in [6, 6.07) is 5.09. The molecule has 1 fully saturated rings. The number of hydrogen-bond donors (Lipinski definition) is 0. The van der Waals surface area contributed by atoms with E-state index in [1.807, 2.05) is 4.90 Å². The van der Waals surface area contributed by atoms with Crippen LogP contribution in [-0.4, -0.2) is 33.7 Å². The van der Waals surface area contributed by atoms with Crippen molar-refractivity contribution in [1.82, 2.24) is 14.7 Å². The van der Waals surface area contributed by atoms with Crippen LogP contribution in [0.1, 0.15) is 48.7 Å². The van der Waals surface area contributed by atoms with Crippen LogP contribution in [0, 0.1) is 19.8 Å². The van der Waals surface area contributed by atoms with Crippen LogP contribution >= 0.6 is 0 Å². The number of benzene rings is 1. The molecule has 1 aromatic carbocycles. The van der Waals surface area contributed by atoms with Crippen LogP contribution in [0.2, 0.25) is 0 Å². The van der Waals surface area contributed by atoms with E-state index in [2.05, 4.69) is 12.0 Å². The average molecular weight is 393 g/mol. The van der Waals surface area contributed by atoms with Crippen LogP contribution in [0.4, 0.5) is 13.2 Å². The van der Waals surface area contributed by atoms with E-state index >= 15 is 0 Å². The standard InChI is InChI=1S/C21H26F3N3O/c1-14-6-5-10-26(11-9-14)20(28)13-19-15(2)25-27(16(19)3)18-8-4-7-17(12-18)21(22,23)24/h4,7-8,12,14H,5-6,9-11,13H2,1-3H3/t14-/m0/s1. The van der Waals surface area contributed by atoms with E-state index in [0.717, 1.165) is 50.0 Å². The van der Waals surface area contributed by atoms with Crippen molar-refractivity contribution in [1.29, 1.82) is 0 Å². The van der Waals surface area contributed by atoms with E-state index in [1.165, 1.54) is 10.7 Å². The first-order valence-corrected chi connectivity index (χ1v) is 9.67. The normalized spacial score (nSPS) is 18.2. The molecule has 152 valence electrons. The molecule has 2 aromatic rings. The van der Waals surface area contributed by atoms with E-state index in [-0.39, 0.29) is 12.3 Å². The number of rotatable bonds is 3. The summed E-state index contributed by atoms with van der Waals surface area (Å²) >= 11 is 0. The van der Waals surface area contributed by atoms with Gasteiger partial charge in [0.15, 0.2) is 0 Å². The Morgan fingerprint density at radius 1 is 1.21 bits per heavy atom. The maximum absolute atomic E-state index is 13.0. The largest absolute Gasteiger partial charge is 0.416 e. The van der Waals surface area contributed by atoms with Crippen molar-refractivity contribution in [3.63, 3.8) is 0 Å². The highest BCUT2D eigenvalue weighted by atomic mass is 19.4. The van der Waals surface area contributed by atoms with Crippen molar-refractivity contribution in [3.8, 4) is 5.69 Å². The molecule has 1 aromatic heterocycles. The first-order valence-electron chi connectivity index (χ1n) is 9.67. The lowest BCUT2D eigenvalue weighted by molar-refractivity contribution is -0.137. The van der Waals surface area contributed by atoms with Gasteiger partial charge in [0.05, 0.1) is 23.4 Å². The molecule has 1 saturated heterocycles. The van der Waals surface area contributed by atoms with Gasteiger partial charge in [-0.05, 0) is 57.2 Å². The monoisotopic (exact) mass is 393 g/mol. The van der Waals surface area contributed by atoms with E-state index in [0.29, 0.717) is 23.0 Å². The molecule has 0 radical (unpaired) electrons. The second-order valence-corrected chi connectivity index (χ2v) is 7.70. The van der Waals surface area contributed by atoms with Gasteiger partial charge in [-0.1, -0.05) is 13.0 Å². The summed E-state index contributed by atoms with van der Waals surface area (Å²) in [6.07, 6.45) is -1.03. The van der Waals surface area contributed by atoms with Crippen LogP contribution < -0.4 is 0 Å². The quantitative estimate of drug-likeness (QED) is 0.758. The van der Waals surface area contributed by atoms with Gasteiger partial charge in [-0.3, -0.25) is 4.79 Å². The van der Waals surface area contributed by atoms with Crippen LogP contribution in [0.15, 0.2) is 24.3 Å². The van der Waals surface area contributed by atoms with Crippen molar-refractivity contribution < 1.29 is 18.0 Å². The number of likely N-dealkylation sites (tertiary alicyclic amines) is 1. The predicted octanol–water partition coefficient (Wildman–Crippen LogP) is 4.70. The van der Waals surface area contributed by atoms with Crippen molar-refractivity contribution in [2.75, 3.05) is 13.1 Å². The van der Waals surface area contributed by atoms with Crippen LogP contribution in [0.3, 0.4) is 0 Å². The predicted molar refractivity (Wildman–Crippen MR) is 101 cm³/mol. The molecule has 0 N–H and O–H groups in total. The summed E-state index contributed by atoms with van der Waals surface area (Å²) in [6.45, 7) is 7.34. The minimum Gasteiger partial charge on any atom is -0.342 e. The average Bonchev–Trinajstić information content (AvgIpc) is 2.80. The first-order chi connectivity index (χ1) is 13.2. The third kappa shape index (κ3) is 4.39. The molecule has 1 amide bonds.